The highest BCUT2D eigenvalue weighted by atomic mass is 15.1. The summed E-state index contributed by atoms with van der Waals surface area (Å²) < 4.78 is 0. The molecule has 0 aliphatic heterocycles. The van der Waals surface area contributed by atoms with Gasteiger partial charge in [-0.15, -0.1) is 0 Å². The molecule has 0 saturated carbocycles. The Morgan fingerprint density at radius 3 is 1.31 bits per heavy atom. The van der Waals surface area contributed by atoms with Gasteiger partial charge in [0.25, 0.3) is 0 Å². The van der Waals surface area contributed by atoms with Crippen molar-refractivity contribution in [1.29, 1.82) is 0 Å². The van der Waals surface area contributed by atoms with Gasteiger partial charge in [0.05, 0.1) is 16.8 Å². The standard InChI is InChI=1S/C70H49N/c1-69(2)59-32-15-11-26-53(59)56-44-41-49(45-64(56)69)46-39-42-50(43-40-46)71(65-37-19-31-52(48-23-7-4-8-24-48)67(65)57-29-10-9-25-51(57)47-21-5-3-6-22-47)66-38-20-36-63-68(66)58-30-14-18-35-62(58)70(63)60-33-16-12-27-54(60)55-28-13-17-34-61(55)70/h3-45H,1-2H3. The Kier molecular flexibility index (Phi) is 9.22. The third-order valence-electron chi connectivity index (χ3n) is 15.9. The first-order valence-electron chi connectivity index (χ1n) is 24.9. The van der Waals surface area contributed by atoms with E-state index in [-0.39, 0.29) is 5.41 Å². The molecule has 0 bridgehead atoms. The molecule has 1 heteroatoms. The number of hydrogen-bond donors (Lipinski definition) is 0. The molecule has 0 amide bonds. The van der Waals surface area contributed by atoms with Gasteiger partial charge in [0, 0.05) is 22.2 Å². The minimum absolute atomic E-state index is 0.0867. The van der Waals surface area contributed by atoms with Crippen LogP contribution in [0.4, 0.5) is 17.1 Å². The SMILES string of the molecule is CC1(C)c2ccccc2-c2ccc(-c3ccc(N(c4cccc(-c5ccccc5)c4-c4ccccc4-c4ccccc4)c4cccc5c4-c4ccccc4C54c5ccccc5-c5ccccc54)cc3)cc21. The van der Waals surface area contributed by atoms with Crippen LogP contribution >= 0.6 is 0 Å². The summed E-state index contributed by atoms with van der Waals surface area (Å²) in [5.41, 5.74) is 28.1. The Morgan fingerprint density at radius 1 is 0.254 bits per heavy atom. The molecule has 334 valence electrons. The first-order chi connectivity index (χ1) is 35.0. The molecule has 0 aromatic heterocycles. The van der Waals surface area contributed by atoms with Gasteiger partial charge in [0.15, 0.2) is 0 Å². The van der Waals surface area contributed by atoms with Crippen LogP contribution in [0.1, 0.15) is 47.2 Å². The van der Waals surface area contributed by atoms with Crippen molar-refractivity contribution in [2.75, 3.05) is 4.90 Å². The number of anilines is 3. The van der Waals surface area contributed by atoms with Gasteiger partial charge < -0.3 is 4.90 Å². The molecule has 0 atom stereocenters. The Balaban J connectivity index is 1.04. The molecule has 11 aromatic rings. The zero-order valence-electron chi connectivity index (χ0n) is 39.8. The predicted octanol–water partition coefficient (Wildman–Crippen LogP) is 18.5. The van der Waals surface area contributed by atoms with Crippen LogP contribution in [0, 0.1) is 0 Å². The van der Waals surface area contributed by atoms with Gasteiger partial charge in [0.1, 0.15) is 0 Å². The van der Waals surface area contributed by atoms with Crippen molar-refractivity contribution in [3.8, 4) is 77.9 Å². The minimum atomic E-state index is -0.486. The number of rotatable bonds is 7. The third-order valence-corrected chi connectivity index (χ3v) is 15.9. The maximum atomic E-state index is 2.57. The van der Waals surface area contributed by atoms with Crippen molar-refractivity contribution in [2.24, 2.45) is 0 Å². The molecule has 11 aromatic carbocycles. The van der Waals surface area contributed by atoms with Crippen LogP contribution in [0.3, 0.4) is 0 Å². The van der Waals surface area contributed by atoms with Crippen LogP contribution in [-0.2, 0) is 10.8 Å². The molecule has 0 unspecified atom stereocenters. The number of benzene rings is 11. The summed E-state index contributed by atoms with van der Waals surface area (Å²) in [6, 6.07) is 97.4. The molecular formula is C70H49N. The van der Waals surface area contributed by atoms with E-state index in [0.29, 0.717) is 0 Å². The predicted molar refractivity (Wildman–Crippen MR) is 297 cm³/mol. The molecule has 1 spiro atoms. The second-order valence-corrected chi connectivity index (χ2v) is 19.9. The van der Waals surface area contributed by atoms with E-state index in [0.717, 1.165) is 17.1 Å². The lowest BCUT2D eigenvalue weighted by molar-refractivity contribution is 0.660. The van der Waals surface area contributed by atoms with Gasteiger partial charge >= 0.3 is 0 Å². The molecule has 0 saturated heterocycles. The molecule has 0 radical (unpaired) electrons. The third kappa shape index (κ3) is 6.00. The normalized spacial score (nSPS) is 13.7. The maximum Gasteiger partial charge on any atom is 0.0726 e. The van der Waals surface area contributed by atoms with Crippen molar-refractivity contribution in [2.45, 2.75) is 24.7 Å². The Hall–Kier alpha value is -8.78. The highest BCUT2D eigenvalue weighted by molar-refractivity contribution is 6.06. The van der Waals surface area contributed by atoms with E-state index < -0.39 is 5.41 Å². The van der Waals surface area contributed by atoms with Crippen molar-refractivity contribution in [1.82, 2.24) is 0 Å². The first kappa shape index (κ1) is 41.2. The highest BCUT2D eigenvalue weighted by Crippen LogP contribution is 2.65. The fraction of sp³-hybridized carbons (Fsp3) is 0.0571. The molecular weight excluding hydrogens is 855 g/mol. The second-order valence-electron chi connectivity index (χ2n) is 19.9. The summed E-state index contributed by atoms with van der Waals surface area (Å²) in [5, 5.41) is 0. The fourth-order valence-electron chi connectivity index (χ4n) is 12.8. The van der Waals surface area contributed by atoms with Crippen LogP contribution in [-0.4, -0.2) is 0 Å². The molecule has 0 heterocycles. The molecule has 0 fully saturated rings. The number of hydrogen-bond acceptors (Lipinski definition) is 1. The first-order valence-corrected chi connectivity index (χ1v) is 24.9. The van der Waals surface area contributed by atoms with E-state index >= 15 is 0 Å². The largest absolute Gasteiger partial charge is 0.309 e. The van der Waals surface area contributed by atoms with Crippen LogP contribution in [0.25, 0.3) is 77.9 Å². The maximum absolute atomic E-state index is 2.57. The van der Waals surface area contributed by atoms with Gasteiger partial charge in [-0.1, -0.05) is 244 Å². The van der Waals surface area contributed by atoms with Gasteiger partial charge in [-0.3, -0.25) is 0 Å². The van der Waals surface area contributed by atoms with Crippen molar-refractivity contribution in [3.05, 3.63) is 294 Å². The average Bonchev–Trinajstić information content (AvgIpc) is 4.00. The Morgan fingerprint density at radius 2 is 0.676 bits per heavy atom. The summed E-state index contributed by atoms with van der Waals surface area (Å²) >= 11 is 0. The van der Waals surface area contributed by atoms with Crippen LogP contribution in [0.2, 0.25) is 0 Å². The quantitative estimate of drug-likeness (QED) is 0.154. The van der Waals surface area contributed by atoms with Gasteiger partial charge in [-0.2, -0.15) is 0 Å². The number of nitrogens with zero attached hydrogens (tertiary/aromatic N) is 1. The summed E-state index contributed by atoms with van der Waals surface area (Å²) in [7, 11) is 0. The fourth-order valence-corrected chi connectivity index (χ4v) is 12.8. The summed E-state index contributed by atoms with van der Waals surface area (Å²) in [4.78, 5) is 2.57. The lowest BCUT2D eigenvalue weighted by Gasteiger charge is -2.33. The number of fused-ring (bicyclic) bond motifs is 13. The zero-order chi connectivity index (χ0) is 47.3. The lowest BCUT2D eigenvalue weighted by atomic mass is 9.70. The van der Waals surface area contributed by atoms with E-state index in [1.165, 1.54) is 111 Å². The molecule has 71 heavy (non-hydrogen) atoms. The van der Waals surface area contributed by atoms with E-state index in [9.17, 15) is 0 Å². The summed E-state index contributed by atoms with van der Waals surface area (Å²) in [6.07, 6.45) is 0. The Bertz CT molecular complexity index is 3850. The van der Waals surface area contributed by atoms with Crippen molar-refractivity contribution < 1.29 is 0 Å². The van der Waals surface area contributed by atoms with E-state index in [1.54, 1.807) is 0 Å². The van der Waals surface area contributed by atoms with Crippen molar-refractivity contribution in [3.63, 3.8) is 0 Å². The molecule has 1 nitrogen and oxygen atoms in total. The zero-order valence-corrected chi connectivity index (χ0v) is 39.8. The highest BCUT2D eigenvalue weighted by Gasteiger charge is 2.52. The van der Waals surface area contributed by atoms with Crippen LogP contribution < -0.4 is 4.90 Å². The molecule has 3 aliphatic rings. The Labute approximate surface area is 416 Å². The average molecular weight is 904 g/mol. The van der Waals surface area contributed by atoms with Crippen molar-refractivity contribution >= 4 is 17.1 Å². The molecule has 14 rings (SSSR count). The van der Waals surface area contributed by atoms with Gasteiger partial charge in [-0.25, -0.2) is 0 Å². The molecule has 3 aliphatic carbocycles. The second kappa shape index (κ2) is 15.9. The lowest BCUT2D eigenvalue weighted by Crippen LogP contribution is -2.26. The minimum Gasteiger partial charge on any atom is -0.309 e. The van der Waals surface area contributed by atoms with Crippen LogP contribution in [0.15, 0.2) is 261 Å². The smallest absolute Gasteiger partial charge is 0.0726 e. The molecule has 0 N–H and O–H groups in total. The summed E-state index contributed by atoms with van der Waals surface area (Å²) in [5.74, 6) is 0. The van der Waals surface area contributed by atoms with E-state index in [1.807, 2.05) is 0 Å². The summed E-state index contributed by atoms with van der Waals surface area (Å²) in [6.45, 7) is 4.73. The van der Waals surface area contributed by atoms with E-state index in [4.69, 9.17) is 0 Å². The topological polar surface area (TPSA) is 3.24 Å². The van der Waals surface area contributed by atoms with Gasteiger partial charge in [-0.05, 0) is 130 Å². The van der Waals surface area contributed by atoms with Crippen LogP contribution in [0.5, 0.6) is 0 Å². The van der Waals surface area contributed by atoms with Gasteiger partial charge in [0.2, 0.25) is 0 Å². The monoisotopic (exact) mass is 903 g/mol. The van der Waals surface area contributed by atoms with E-state index in [2.05, 4.69) is 280 Å².